The van der Waals surface area contributed by atoms with Crippen molar-refractivity contribution in [1.82, 2.24) is 4.90 Å². The zero-order valence-electron chi connectivity index (χ0n) is 11.6. The smallest absolute Gasteiger partial charge is 0.246 e. The maximum Gasteiger partial charge on any atom is 0.246 e. The van der Waals surface area contributed by atoms with Gasteiger partial charge < -0.3 is 10.6 Å². The van der Waals surface area contributed by atoms with Crippen molar-refractivity contribution in [3.05, 3.63) is 40.9 Å². The number of likely N-dealkylation sites (tertiary alicyclic amines) is 1. The molecule has 1 fully saturated rings. The van der Waals surface area contributed by atoms with Crippen LogP contribution in [0, 0.1) is 0 Å². The minimum atomic E-state index is 0.0816. The molecule has 0 spiro atoms. The molecule has 1 aromatic carbocycles. The van der Waals surface area contributed by atoms with Crippen molar-refractivity contribution in [1.29, 1.82) is 0 Å². The number of nitrogens with zero attached hydrogens (tertiary/aromatic N) is 1. The topological polar surface area (TPSA) is 46.3 Å². The third-order valence-corrected chi connectivity index (χ3v) is 3.95. The monoisotopic (exact) mass is 292 g/mol. The van der Waals surface area contributed by atoms with E-state index < -0.39 is 0 Å². The van der Waals surface area contributed by atoms with E-state index in [1.807, 2.05) is 35.2 Å². The average Bonchev–Trinajstić information content (AvgIpc) is 2.47. The van der Waals surface area contributed by atoms with Gasteiger partial charge in [0.2, 0.25) is 5.91 Å². The molecule has 2 N–H and O–H groups in total. The van der Waals surface area contributed by atoms with Crippen LogP contribution in [0.5, 0.6) is 0 Å². The van der Waals surface area contributed by atoms with Gasteiger partial charge in [-0.3, -0.25) is 4.79 Å². The van der Waals surface area contributed by atoms with Gasteiger partial charge in [-0.25, -0.2) is 0 Å². The van der Waals surface area contributed by atoms with Crippen molar-refractivity contribution in [3.63, 3.8) is 0 Å². The molecular formula is C16H21ClN2O. The first-order chi connectivity index (χ1) is 9.70. The van der Waals surface area contributed by atoms with Crippen LogP contribution in [0.3, 0.4) is 0 Å². The van der Waals surface area contributed by atoms with Crippen molar-refractivity contribution in [2.24, 2.45) is 5.73 Å². The molecule has 1 aromatic rings. The third-order valence-electron chi connectivity index (χ3n) is 3.70. The lowest BCUT2D eigenvalue weighted by molar-refractivity contribution is -0.129. The molecule has 0 radical (unpaired) electrons. The number of piperidine rings is 1. The highest BCUT2D eigenvalue weighted by Gasteiger charge is 2.24. The number of carbonyl (C=O) groups excluding carboxylic acids is 1. The van der Waals surface area contributed by atoms with Gasteiger partial charge >= 0.3 is 0 Å². The van der Waals surface area contributed by atoms with Crippen LogP contribution in [0.2, 0.25) is 5.02 Å². The highest BCUT2D eigenvalue weighted by molar-refractivity contribution is 6.30. The van der Waals surface area contributed by atoms with Crippen LogP contribution in [0.25, 0.3) is 6.08 Å². The van der Waals surface area contributed by atoms with Crippen LogP contribution < -0.4 is 5.73 Å². The van der Waals surface area contributed by atoms with Gasteiger partial charge in [0, 0.05) is 23.7 Å². The number of nitrogens with two attached hydrogens (primary N) is 1. The van der Waals surface area contributed by atoms with Crippen molar-refractivity contribution in [2.45, 2.75) is 31.7 Å². The van der Waals surface area contributed by atoms with Gasteiger partial charge in [0.05, 0.1) is 0 Å². The van der Waals surface area contributed by atoms with E-state index in [-0.39, 0.29) is 5.91 Å². The van der Waals surface area contributed by atoms with Gasteiger partial charge in [-0.2, -0.15) is 0 Å². The molecule has 1 aliphatic rings. The molecule has 0 aliphatic carbocycles. The Balaban J connectivity index is 2.00. The molecule has 2 rings (SSSR count). The van der Waals surface area contributed by atoms with E-state index in [9.17, 15) is 4.79 Å². The molecule has 0 saturated carbocycles. The lowest BCUT2D eigenvalue weighted by Crippen LogP contribution is -2.43. The van der Waals surface area contributed by atoms with Crippen LogP contribution in [-0.4, -0.2) is 29.9 Å². The predicted molar refractivity (Wildman–Crippen MR) is 83.5 cm³/mol. The first-order valence-electron chi connectivity index (χ1n) is 7.15. The summed E-state index contributed by atoms with van der Waals surface area (Å²) in [6.07, 6.45) is 7.72. The minimum Gasteiger partial charge on any atom is -0.336 e. The van der Waals surface area contributed by atoms with Crippen LogP contribution in [0.1, 0.15) is 31.2 Å². The van der Waals surface area contributed by atoms with E-state index in [2.05, 4.69) is 0 Å². The number of hydrogen-bond acceptors (Lipinski definition) is 2. The summed E-state index contributed by atoms with van der Waals surface area (Å²) in [5.74, 6) is 0.0816. The van der Waals surface area contributed by atoms with Crippen LogP contribution >= 0.6 is 11.6 Å². The molecule has 0 bridgehead atoms. The molecule has 1 unspecified atom stereocenters. The summed E-state index contributed by atoms with van der Waals surface area (Å²) in [5.41, 5.74) is 6.61. The van der Waals surface area contributed by atoms with E-state index in [1.165, 1.54) is 6.42 Å². The average molecular weight is 293 g/mol. The second-order valence-corrected chi connectivity index (χ2v) is 5.58. The summed E-state index contributed by atoms with van der Waals surface area (Å²) in [5, 5.41) is 0.701. The van der Waals surface area contributed by atoms with Crippen molar-refractivity contribution in [3.8, 4) is 0 Å². The molecule has 3 nitrogen and oxygen atoms in total. The molecule has 20 heavy (non-hydrogen) atoms. The fourth-order valence-electron chi connectivity index (χ4n) is 2.62. The summed E-state index contributed by atoms with van der Waals surface area (Å²) < 4.78 is 0. The van der Waals surface area contributed by atoms with E-state index in [0.717, 1.165) is 31.4 Å². The van der Waals surface area contributed by atoms with Gasteiger partial charge in [0.15, 0.2) is 0 Å². The summed E-state index contributed by atoms with van der Waals surface area (Å²) in [4.78, 5) is 14.3. The van der Waals surface area contributed by atoms with Gasteiger partial charge in [0.1, 0.15) is 0 Å². The third kappa shape index (κ3) is 4.09. The number of halogens is 1. The fraction of sp³-hybridized carbons (Fsp3) is 0.438. The van der Waals surface area contributed by atoms with E-state index >= 15 is 0 Å². The Morgan fingerprint density at radius 1 is 1.35 bits per heavy atom. The van der Waals surface area contributed by atoms with Crippen LogP contribution in [0.4, 0.5) is 0 Å². The Bertz CT molecular complexity index is 468. The van der Waals surface area contributed by atoms with Gasteiger partial charge in [-0.15, -0.1) is 0 Å². The van der Waals surface area contributed by atoms with E-state index in [1.54, 1.807) is 6.08 Å². The Morgan fingerprint density at radius 2 is 2.10 bits per heavy atom. The van der Waals surface area contributed by atoms with Gasteiger partial charge in [0.25, 0.3) is 0 Å². The highest BCUT2D eigenvalue weighted by Crippen LogP contribution is 2.20. The van der Waals surface area contributed by atoms with Crippen LogP contribution in [-0.2, 0) is 4.79 Å². The summed E-state index contributed by atoms with van der Waals surface area (Å²) in [6, 6.07) is 7.75. The molecule has 4 heteroatoms. The van der Waals surface area contributed by atoms with Crippen molar-refractivity contribution < 1.29 is 4.79 Å². The summed E-state index contributed by atoms with van der Waals surface area (Å²) in [6.45, 7) is 1.48. The number of benzene rings is 1. The quantitative estimate of drug-likeness (QED) is 0.867. The maximum absolute atomic E-state index is 12.3. The summed E-state index contributed by atoms with van der Waals surface area (Å²) in [7, 11) is 0. The molecule has 1 atom stereocenters. The highest BCUT2D eigenvalue weighted by atomic mass is 35.5. The van der Waals surface area contributed by atoms with Crippen molar-refractivity contribution >= 4 is 23.6 Å². The summed E-state index contributed by atoms with van der Waals surface area (Å²) >= 11 is 5.84. The van der Waals surface area contributed by atoms with E-state index in [0.29, 0.717) is 17.6 Å². The predicted octanol–water partition coefficient (Wildman–Crippen LogP) is 3.08. The number of hydrogen-bond donors (Lipinski definition) is 1. The van der Waals surface area contributed by atoms with Gasteiger partial charge in [-0.1, -0.05) is 23.7 Å². The van der Waals surface area contributed by atoms with Crippen LogP contribution in [0.15, 0.2) is 30.3 Å². The molecule has 108 valence electrons. The molecule has 0 aromatic heterocycles. The second kappa shape index (κ2) is 7.46. The molecular weight excluding hydrogens is 272 g/mol. The lowest BCUT2D eigenvalue weighted by atomic mass is 9.99. The maximum atomic E-state index is 12.3. The Morgan fingerprint density at radius 3 is 2.80 bits per heavy atom. The molecule has 1 amide bonds. The largest absolute Gasteiger partial charge is 0.336 e. The zero-order valence-corrected chi connectivity index (χ0v) is 12.4. The number of amides is 1. The Hall–Kier alpha value is -1.32. The molecule has 1 heterocycles. The molecule has 1 aliphatic heterocycles. The first-order valence-corrected chi connectivity index (χ1v) is 7.53. The Kier molecular flexibility index (Phi) is 5.62. The van der Waals surface area contributed by atoms with Gasteiger partial charge in [-0.05, 0) is 56.0 Å². The minimum absolute atomic E-state index is 0.0816. The van der Waals surface area contributed by atoms with E-state index in [4.69, 9.17) is 17.3 Å². The number of rotatable bonds is 4. The number of carbonyl (C=O) groups is 1. The zero-order chi connectivity index (χ0) is 14.4. The standard InChI is InChI=1S/C16H21ClN2O/c17-14-7-4-13(5-8-14)6-9-16(20)19-12-2-1-3-15(19)10-11-18/h4-9,15H,1-3,10-12,18H2. The first kappa shape index (κ1) is 15.1. The molecule has 1 saturated heterocycles. The SMILES string of the molecule is NCCC1CCCCN1C(=O)C=Cc1ccc(Cl)cc1. The fourth-order valence-corrected chi connectivity index (χ4v) is 2.75. The Labute approximate surface area is 125 Å². The van der Waals surface area contributed by atoms with Crippen molar-refractivity contribution in [2.75, 3.05) is 13.1 Å². The second-order valence-electron chi connectivity index (χ2n) is 5.14. The normalized spacial score (nSPS) is 19.5. The lowest BCUT2D eigenvalue weighted by Gasteiger charge is -2.35.